The third-order valence-electron chi connectivity index (χ3n) is 2.68. The average molecular weight is 189 g/mol. The highest BCUT2D eigenvalue weighted by atomic mass is 15.3. The molecule has 0 amide bonds. The zero-order chi connectivity index (χ0) is 9.60. The molecule has 1 saturated carbocycles. The van der Waals surface area contributed by atoms with Gasteiger partial charge in [0.15, 0.2) is 0 Å². The molecule has 0 unspecified atom stereocenters. The van der Waals surface area contributed by atoms with Crippen molar-refractivity contribution in [2.75, 3.05) is 0 Å². The van der Waals surface area contributed by atoms with E-state index in [1.54, 1.807) is 0 Å². The Morgan fingerprint density at radius 3 is 3.07 bits per heavy atom. The Morgan fingerprint density at radius 2 is 2.29 bits per heavy atom. The lowest BCUT2D eigenvalue weighted by Gasteiger charge is -2.06. The zero-order valence-corrected chi connectivity index (χ0v) is 7.70. The first-order chi connectivity index (χ1) is 6.75. The van der Waals surface area contributed by atoms with Crippen LogP contribution in [0.5, 0.6) is 0 Å². The van der Waals surface area contributed by atoms with Gasteiger partial charge in [0, 0.05) is 11.7 Å². The van der Waals surface area contributed by atoms with E-state index in [2.05, 4.69) is 20.4 Å². The molecule has 3 rings (SSSR count). The highest BCUT2D eigenvalue weighted by Gasteiger charge is 2.38. The quantitative estimate of drug-likeness (QED) is 0.716. The van der Waals surface area contributed by atoms with Crippen molar-refractivity contribution in [3.8, 4) is 0 Å². The number of fused-ring (bicyclic) bond motifs is 1. The molecular formula is C9H11N5. The Balaban J connectivity index is 1.97. The lowest BCUT2D eigenvalue weighted by atomic mass is 10.1. The maximum atomic E-state index is 6.03. The Bertz CT molecular complexity index is 471. The largest absolute Gasteiger partial charge is 0.325 e. The highest BCUT2D eigenvalue weighted by molar-refractivity contribution is 5.69. The van der Waals surface area contributed by atoms with Gasteiger partial charge in [0.25, 0.3) is 0 Å². The summed E-state index contributed by atoms with van der Waals surface area (Å²) in [7, 11) is 0. The molecule has 0 aromatic carbocycles. The van der Waals surface area contributed by atoms with E-state index < -0.39 is 0 Å². The predicted octanol–water partition coefficient (Wildman–Crippen LogP) is 0.387. The van der Waals surface area contributed by atoms with Crippen LogP contribution in [-0.2, 0) is 6.42 Å². The molecule has 2 heterocycles. The molecule has 0 aliphatic heterocycles. The maximum Gasteiger partial charge on any atom is 0.201 e. The molecular weight excluding hydrogens is 178 g/mol. The van der Waals surface area contributed by atoms with E-state index in [0.29, 0.717) is 5.65 Å². The fourth-order valence-corrected chi connectivity index (χ4v) is 1.62. The van der Waals surface area contributed by atoms with E-state index in [0.717, 1.165) is 30.3 Å². The van der Waals surface area contributed by atoms with Crippen molar-refractivity contribution < 1.29 is 0 Å². The van der Waals surface area contributed by atoms with E-state index in [1.165, 1.54) is 0 Å². The topological polar surface area (TPSA) is 80.5 Å². The Hall–Kier alpha value is -1.49. The molecule has 14 heavy (non-hydrogen) atoms. The first-order valence-corrected chi connectivity index (χ1v) is 4.70. The number of H-pyrrole nitrogens is 1. The number of aromatic nitrogens is 4. The SMILES string of the molecule is NC1(Cc2cnc3n[nH]nc3c2)CC1. The summed E-state index contributed by atoms with van der Waals surface area (Å²) in [5.41, 5.74) is 8.67. The molecule has 2 aromatic rings. The molecule has 3 N–H and O–H groups in total. The lowest BCUT2D eigenvalue weighted by molar-refractivity contribution is 0.671. The molecule has 0 atom stereocenters. The molecule has 2 aromatic heterocycles. The summed E-state index contributed by atoms with van der Waals surface area (Å²) in [6.07, 6.45) is 4.95. The number of nitrogens with two attached hydrogens (primary N) is 1. The van der Waals surface area contributed by atoms with E-state index in [4.69, 9.17) is 5.73 Å². The molecule has 1 aliphatic rings. The van der Waals surface area contributed by atoms with Crippen LogP contribution in [0.1, 0.15) is 18.4 Å². The van der Waals surface area contributed by atoms with Gasteiger partial charge in [0.05, 0.1) is 0 Å². The van der Waals surface area contributed by atoms with Crippen molar-refractivity contribution in [2.45, 2.75) is 24.8 Å². The van der Waals surface area contributed by atoms with E-state index in [1.807, 2.05) is 12.3 Å². The number of aromatic amines is 1. The van der Waals surface area contributed by atoms with Gasteiger partial charge in [0.2, 0.25) is 5.65 Å². The summed E-state index contributed by atoms with van der Waals surface area (Å²) in [4.78, 5) is 4.19. The monoisotopic (exact) mass is 189 g/mol. The fourth-order valence-electron chi connectivity index (χ4n) is 1.62. The third-order valence-corrected chi connectivity index (χ3v) is 2.68. The summed E-state index contributed by atoms with van der Waals surface area (Å²) >= 11 is 0. The first kappa shape index (κ1) is 7.87. The van der Waals surface area contributed by atoms with Gasteiger partial charge in [-0.05, 0) is 30.9 Å². The maximum absolute atomic E-state index is 6.03. The number of hydrogen-bond donors (Lipinski definition) is 2. The van der Waals surface area contributed by atoms with Gasteiger partial charge in [-0.2, -0.15) is 10.3 Å². The lowest BCUT2D eigenvalue weighted by Crippen LogP contribution is -2.24. The number of nitrogens with zero attached hydrogens (tertiary/aromatic N) is 3. The van der Waals surface area contributed by atoms with Crippen LogP contribution in [0.3, 0.4) is 0 Å². The second-order valence-corrected chi connectivity index (χ2v) is 4.05. The Labute approximate surface area is 80.7 Å². The Kier molecular flexibility index (Phi) is 1.41. The van der Waals surface area contributed by atoms with Crippen molar-refractivity contribution in [1.82, 2.24) is 20.4 Å². The minimum Gasteiger partial charge on any atom is -0.325 e. The first-order valence-electron chi connectivity index (χ1n) is 4.70. The summed E-state index contributed by atoms with van der Waals surface area (Å²) in [5, 5.41) is 10.4. The van der Waals surface area contributed by atoms with E-state index in [9.17, 15) is 0 Å². The van der Waals surface area contributed by atoms with Crippen LogP contribution < -0.4 is 5.73 Å². The van der Waals surface area contributed by atoms with Gasteiger partial charge in [-0.3, -0.25) is 0 Å². The molecule has 1 fully saturated rings. The van der Waals surface area contributed by atoms with Gasteiger partial charge >= 0.3 is 0 Å². The second-order valence-electron chi connectivity index (χ2n) is 4.05. The van der Waals surface area contributed by atoms with Gasteiger partial charge in [-0.1, -0.05) is 0 Å². The molecule has 5 nitrogen and oxygen atoms in total. The number of nitrogens with one attached hydrogen (secondary N) is 1. The normalized spacial score (nSPS) is 18.6. The van der Waals surface area contributed by atoms with Crippen molar-refractivity contribution >= 4 is 11.2 Å². The summed E-state index contributed by atoms with van der Waals surface area (Å²) in [6, 6.07) is 2.00. The summed E-state index contributed by atoms with van der Waals surface area (Å²) in [6.45, 7) is 0. The van der Waals surface area contributed by atoms with Gasteiger partial charge < -0.3 is 5.73 Å². The summed E-state index contributed by atoms with van der Waals surface area (Å²) in [5.74, 6) is 0. The van der Waals surface area contributed by atoms with Gasteiger partial charge in [-0.15, -0.1) is 5.10 Å². The van der Waals surface area contributed by atoms with Crippen molar-refractivity contribution in [3.05, 3.63) is 17.8 Å². The summed E-state index contributed by atoms with van der Waals surface area (Å²) < 4.78 is 0. The molecule has 72 valence electrons. The molecule has 0 bridgehead atoms. The van der Waals surface area contributed by atoms with Gasteiger partial charge in [0.1, 0.15) is 5.52 Å². The van der Waals surface area contributed by atoms with Crippen LogP contribution in [-0.4, -0.2) is 25.9 Å². The van der Waals surface area contributed by atoms with Crippen LogP contribution in [0.25, 0.3) is 11.2 Å². The van der Waals surface area contributed by atoms with E-state index >= 15 is 0 Å². The van der Waals surface area contributed by atoms with Crippen LogP contribution in [0.15, 0.2) is 12.3 Å². The predicted molar refractivity (Wildman–Crippen MR) is 51.5 cm³/mol. The number of pyridine rings is 1. The number of hydrogen-bond acceptors (Lipinski definition) is 4. The highest BCUT2D eigenvalue weighted by Crippen LogP contribution is 2.35. The minimum absolute atomic E-state index is 0.0269. The Morgan fingerprint density at radius 1 is 1.43 bits per heavy atom. The van der Waals surface area contributed by atoms with Gasteiger partial charge in [-0.25, -0.2) is 4.98 Å². The smallest absolute Gasteiger partial charge is 0.201 e. The molecule has 0 saturated heterocycles. The van der Waals surface area contributed by atoms with Crippen LogP contribution in [0.2, 0.25) is 0 Å². The van der Waals surface area contributed by atoms with Crippen molar-refractivity contribution in [3.63, 3.8) is 0 Å². The molecule has 0 radical (unpaired) electrons. The van der Waals surface area contributed by atoms with E-state index in [-0.39, 0.29) is 5.54 Å². The fraction of sp³-hybridized carbons (Fsp3) is 0.444. The minimum atomic E-state index is 0.0269. The zero-order valence-electron chi connectivity index (χ0n) is 7.70. The molecule has 5 heteroatoms. The third kappa shape index (κ3) is 1.26. The van der Waals surface area contributed by atoms with Crippen LogP contribution >= 0.6 is 0 Å². The van der Waals surface area contributed by atoms with Crippen molar-refractivity contribution in [1.29, 1.82) is 0 Å². The van der Waals surface area contributed by atoms with Crippen LogP contribution in [0, 0.1) is 0 Å². The standard InChI is InChI=1S/C9H11N5/c10-9(1-2-9)4-6-3-7-8(11-5-6)13-14-12-7/h3,5H,1-2,4,10H2,(H,11,12,13,14). The average Bonchev–Trinajstić information content (AvgIpc) is 2.73. The van der Waals surface area contributed by atoms with Crippen LogP contribution in [0.4, 0.5) is 0 Å². The second kappa shape index (κ2) is 2.51. The van der Waals surface area contributed by atoms with Crippen molar-refractivity contribution in [2.24, 2.45) is 5.73 Å². The molecule has 1 aliphatic carbocycles. The number of rotatable bonds is 2. The molecule has 0 spiro atoms.